The number of carbonyl (C=O) groups excluding carboxylic acids is 2. The maximum atomic E-state index is 12.9. The zero-order valence-corrected chi connectivity index (χ0v) is 19.4. The number of nitrogen functional groups attached to an aromatic ring is 1. The van der Waals surface area contributed by atoms with E-state index in [4.69, 9.17) is 16.2 Å². The summed E-state index contributed by atoms with van der Waals surface area (Å²) in [5.74, 6) is 0.0310. The minimum Gasteiger partial charge on any atom is -0.489 e. The number of rotatable bonds is 9. The first-order valence-corrected chi connectivity index (χ1v) is 11.5. The molecule has 3 aromatic carbocycles. The third kappa shape index (κ3) is 5.07. The summed E-state index contributed by atoms with van der Waals surface area (Å²) in [4.78, 5) is 31.4. The zero-order chi connectivity index (χ0) is 24.1. The predicted molar refractivity (Wildman–Crippen MR) is 134 cm³/mol. The molecular formula is C26H24N4O3S. The summed E-state index contributed by atoms with van der Waals surface area (Å²) in [6.45, 7) is 2.12. The van der Waals surface area contributed by atoms with E-state index in [1.807, 2.05) is 60.7 Å². The van der Waals surface area contributed by atoms with Gasteiger partial charge in [0.25, 0.3) is 0 Å². The van der Waals surface area contributed by atoms with Crippen LogP contribution in [-0.2, 0) is 11.4 Å². The summed E-state index contributed by atoms with van der Waals surface area (Å²) in [7, 11) is 0. The smallest absolute Gasteiger partial charge is 0.240 e. The van der Waals surface area contributed by atoms with Crippen molar-refractivity contribution in [2.24, 2.45) is 5.73 Å². The van der Waals surface area contributed by atoms with E-state index in [9.17, 15) is 9.59 Å². The molecule has 1 heterocycles. The van der Waals surface area contributed by atoms with Gasteiger partial charge < -0.3 is 21.1 Å². The number of ketones is 1. The van der Waals surface area contributed by atoms with Crippen LogP contribution in [0.4, 0.5) is 16.6 Å². The molecule has 4 N–H and O–H groups in total. The van der Waals surface area contributed by atoms with Crippen LogP contribution in [0.3, 0.4) is 0 Å². The fourth-order valence-corrected chi connectivity index (χ4v) is 4.43. The van der Waals surface area contributed by atoms with Gasteiger partial charge >= 0.3 is 0 Å². The lowest BCUT2D eigenvalue weighted by atomic mass is 10.1. The van der Waals surface area contributed by atoms with Gasteiger partial charge in [-0.3, -0.25) is 9.59 Å². The normalized spacial score (nSPS) is 11.6. The Morgan fingerprint density at radius 1 is 0.971 bits per heavy atom. The van der Waals surface area contributed by atoms with E-state index in [2.05, 4.69) is 4.98 Å². The average Bonchev–Trinajstić information content (AvgIpc) is 3.25. The van der Waals surface area contributed by atoms with Crippen molar-refractivity contribution in [2.75, 3.05) is 10.6 Å². The fourth-order valence-electron chi connectivity index (χ4n) is 3.38. The highest BCUT2D eigenvalue weighted by Gasteiger charge is 2.27. The molecule has 7 nitrogen and oxygen atoms in total. The van der Waals surface area contributed by atoms with Crippen LogP contribution < -0.4 is 21.1 Å². The van der Waals surface area contributed by atoms with E-state index < -0.39 is 11.9 Å². The number of benzene rings is 3. The van der Waals surface area contributed by atoms with Crippen LogP contribution in [0.2, 0.25) is 0 Å². The topological polar surface area (TPSA) is 112 Å². The largest absolute Gasteiger partial charge is 0.489 e. The summed E-state index contributed by atoms with van der Waals surface area (Å²) in [6, 6.07) is 25.2. The van der Waals surface area contributed by atoms with Gasteiger partial charge in [0.2, 0.25) is 11.7 Å². The molecule has 0 bridgehead atoms. The number of amides is 1. The third-order valence-electron chi connectivity index (χ3n) is 5.25. The number of hydrogen-bond acceptors (Lipinski definition) is 7. The highest BCUT2D eigenvalue weighted by Crippen LogP contribution is 2.36. The van der Waals surface area contributed by atoms with Gasteiger partial charge in [-0.2, -0.15) is 0 Å². The Hall–Kier alpha value is -4.17. The molecule has 172 valence electrons. The second kappa shape index (κ2) is 10.2. The Morgan fingerprint density at radius 2 is 1.59 bits per heavy atom. The van der Waals surface area contributed by atoms with Crippen LogP contribution in [0.5, 0.6) is 5.75 Å². The molecule has 1 atom stereocenters. The number of nitrogens with two attached hydrogens (primary N) is 2. The van der Waals surface area contributed by atoms with Crippen LogP contribution >= 0.6 is 11.3 Å². The maximum Gasteiger partial charge on any atom is 0.240 e. The second-order valence-corrected chi connectivity index (χ2v) is 8.60. The van der Waals surface area contributed by atoms with E-state index >= 15 is 0 Å². The van der Waals surface area contributed by atoms with Gasteiger partial charge in [-0.25, -0.2) is 4.98 Å². The molecular weight excluding hydrogens is 448 g/mol. The molecule has 1 amide bonds. The quantitative estimate of drug-likeness (QED) is 0.346. The lowest BCUT2D eigenvalue weighted by Crippen LogP contribution is -2.39. The van der Waals surface area contributed by atoms with Gasteiger partial charge in [0.15, 0.2) is 5.13 Å². The lowest BCUT2D eigenvalue weighted by Gasteiger charge is -2.26. The zero-order valence-electron chi connectivity index (χ0n) is 18.5. The van der Waals surface area contributed by atoms with Crippen LogP contribution in [0, 0.1) is 0 Å². The van der Waals surface area contributed by atoms with Crippen molar-refractivity contribution >= 4 is 39.7 Å². The molecule has 0 fully saturated rings. The van der Waals surface area contributed by atoms with E-state index in [0.29, 0.717) is 33.6 Å². The Bertz CT molecular complexity index is 1270. The SMILES string of the molecule is CC(C(N)=O)N(c1ccc(OCc2ccccc2)cc1)c1nc(N)c(C(=O)c2ccccc2)s1. The number of primary amides is 1. The van der Waals surface area contributed by atoms with E-state index in [1.165, 1.54) is 0 Å². The van der Waals surface area contributed by atoms with Crippen LogP contribution in [0.15, 0.2) is 84.9 Å². The molecule has 0 radical (unpaired) electrons. The molecule has 1 aromatic heterocycles. The van der Waals surface area contributed by atoms with Gasteiger partial charge in [-0.05, 0) is 36.8 Å². The van der Waals surface area contributed by atoms with Crippen LogP contribution in [0.25, 0.3) is 0 Å². The minimum atomic E-state index is -0.721. The van der Waals surface area contributed by atoms with Gasteiger partial charge in [0.1, 0.15) is 29.1 Å². The molecule has 0 spiro atoms. The molecule has 4 aromatic rings. The number of thiazole rings is 1. The maximum absolute atomic E-state index is 12.9. The summed E-state index contributed by atoms with van der Waals surface area (Å²) in [6.07, 6.45) is 0. The van der Waals surface area contributed by atoms with Crippen LogP contribution in [-0.4, -0.2) is 22.7 Å². The van der Waals surface area contributed by atoms with Crippen molar-refractivity contribution in [1.82, 2.24) is 4.98 Å². The summed E-state index contributed by atoms with van der Waals surface area (Å²) < 4.78 is 5.86. The lowest BCUT2D eigenvalue weighted by molar-refractivity contribution is -0.118. The Morgan fingerprint density at radius 3 is 2.21 bits per heavy atom. The molecule has 34 heavy (non-hydrogen) atoms. The fraction of sp³-hybridized carbons (Fsp3) is 0.115. The Labute approximate surface area is 201 Å². The van der Waals surface area contributed by atoms with Gasteiger partial charge in [0.05, 0.1) is 0 Å². The van der Waals surface area contributed by atoms with E-state index in [1.54, 1.807) is 36.1 Å². The van der Waals surface area contributed by atoms with Crippen molar-refractivity contribution in [2.45, 2.75) is 19.6 Å². The number of ether oxygens (including phenoxy) is 1. The number of aromatic nitrogens is 1. The molecule has 0 saturated carbocycles. The molecule has 4 rings (SSSR count). The number of anilines is 3. The van der Waals surface area contributed by atoms with E-state index in [-0.39, 0.29) is 11.6 Å². The van der Waals surface area contributed by atoms with Crippen molar-refractivity contribution < 1.29 is 14.3 Å². The van der Waals surface area contributed by atoms with Crippen molar-refractivity contribution in [3.05, 3.63) is 101 Å². The monoisotopic (exact) mass is 472 g/mol. The first kappa shape index (κ1) is 23.0. The first-order valence-electron chi connectivity index (χ1n) is 10.7. The minimum absolute atomic E-state index is 0.110. The predicted octanol–water partition coefficient (Wildman–Crippen LogP) is 4.55. The molecule has 0 aliphatic heterocycles. The molecule has 8 heteroatoms. The standard InChI is InChI=1S/C26H24N4O3S/c1-17(25(28)32)30(20-12-14-21(15-13-20)33-16-18-8-4-2-5-9-18)26-29-24(27)23(34-26)22(31)19-10-6-3-7-11-19/h2-15,17H,16,27H2,1H3,(H2,28,32). The van der Waals surface area contributed by atoms with Gasteiger partial charge in [-0.15, -0.1) is 0 Å². The highest BCUT2D eigenvalue weighted by molar-refractivity contribution is 7.18. The number of carbonyl (C=O) groups is 2. The third-order valence-corrected chi connectivity index (χ3v) is 6.32. The molecule has 0 saturated heterocycles. The first-order chi connectivity index (χ1) is 16.4. The Balaban J connectivity index is 1.60. The van der Waals surface area contributed by atoms with Crippen molar-refractivity contribution in [3.63, 3.8) is 0 Å². The highest BCUT2D eigenvalue weighted by atomic mass is 32.1. The molecule has 1 unspecified atom stereocenters. The van der Waals surface area contributed by atoms with Gasteiger partial charge in [-0.1, -0.05) is 72.0 Å². The summed E-state index contributed by atoms with van der Waals surface area (Å²) in [5.41, 5.74) is 14.0. The van der Waals surface area contributed by atoms with Crippen molar-refractivity contribution in [1.29, 1.82) is 0 Å². The molecule has 0 aliphatic carbocycles. The summed E-state index contributed by atoms with van der Waals surface area (Å²) in [5, 5.41) is 0.404. The number of nitrogens with zero attached hydrogens (tertiary/aromatic N) is 2. The van der Waals surface area contributed by atoms with Crippen molar-refractivity contribution in [3.8, 4) is 5.75 Å². The Kier molecular flexibility index (Phi) is 6.89. The summed E-state index contributed by atoms with van der Waals surface area (Å²) >= 11 is 1.12. The second-order valence-electron chi connectivity index (χ2n) is 7.62. The molecule has 0 aliphatic rings. The van der Waals surface area contributed by atoms with Gasteiger partial charge in [0, 0.05) is 11.3 Å². The van der Waals surface area contributed by atoms with Crippen LogP contribution in [0.1, 0.15) is 27.7 Å². The van der Waals surface area contributed by atoms with E-state index in [0.717, 1.165) is 16.9 Å². The average molecular weight is 473 g/mol. The number of hydrogen-bond donors (Lipinski definition) is 2.